The highest BCUT2D eigenvalue weighted by Crippen LogP contribution is 2.40. The number of hydrogen-bond acceptors (Lipinski definition) is 12. The van der Waals surface area contributed by atoms with Crippen molar-refractivity contribution in [1.29, 1.82) is 5.26 Å². The first-order valence-corrected chi connectivity index (χ1v) is 14.6. The highest BCUT2D eigenvalue weighted by atomic mass is 32.2. The number of carboxylic acid groups (broad SMARTS) is 1. The largest absolute Gasteiger partial charge is 0.477 e. The smallest absolute Gasteiger partial charge is 0.352 e. The number of aromatic nitrogens is 4. The van der Waals surface area contributed by atoms with Crippen LogP contribution in [0.2, 0.25) is 0 Å². The number of amides is 3. The van der Waals surface area contributed by atoms with Crippen LogP contribution in [0.4, 0.5) is 9.52 Å². The van der Waals surface area contributed by atoms with Gasteiger partial charge in [0.2, 0.25) is 0 Å². The number of nitrogens with two attached hydrogens (primary N) is 1. The summed E-state index contributed by atoms with van der Waals surface area (Å²) >= 11 is 2.33. The number of oxime groups is 1. The number of thiazole rings is 1. The summed E-state index contributed by atoms with van der Waals surface area (Å²) in [5.41, 5.74) is 6.97. The van der Waals surface area contributed by atoms with Gasteiger partial charge in [-0.25, -0.2) is 18.7 Å². The number of carbonyl (C=O) groups is 4. The number of rotatable bonds is 11. The number of alkyl halides is 1. The second-order valence-corrected chi connectivity index (χ2v) is 11.1. The summed E-state index contributed by atoms with van der Waals surface area (Å²) in [7, 11) is 0. The number of hydrogen-bond donors (Lipinski definition) is 5. The third-order valence-electron chi connectivity index (χ3n) is 6.39. The van der Waals surface area contributed by atoms with E-state index >= 15 is 0 Å². The Morgan fingerprint density at radius 3 is 2.80 bits per heavy atom. The van der Waals surface area contributed by atoms with Gasteiger partial charge in [0.1, 0.15) is 41.8 Å². The molecular formula is C25H22FN10O6S2+. The van der Waals surface area contributed by atoms with Crippen molar-refractivity contribution in [3.8, 4) is 17.5 Å². The Hall–Kier alpha value is -5.35. The van der Waals surface area contributed by atoms with Crippen molar-refractivity contribution in [2.75, 3.05) is 24.8 Å². The predicted octanol–water partition coefficient (Wildman–Crippen LogP) is -0.257. The molecule has 0 bridgehead atoms. The first-order valence-electron chi connectivity index (χ1n) is 12.6. The molecule has 3 aromatic rings. The van der Waals surface area contributed by atoms with Crippen LogP contribution in [0, 0.1) is 11.5 Å². The zero-order valence-corrected chi connectivity index (χ0v) is 24.0. The van der Waals surface area contributed by atoms with Gasteiger partial charge in [0, 0.05) is 34.4 Å². The summed E-state index contributed by atoms with van der Waals surface area (Å²) in [5.74, 6) is -3.09. The molecular weight excluding hydrogens is 619 g/mol. The SMILES string of the molecule is N#CNC(=O)c1cc(-c2cc[n+](CC3=C(C(=O)O)N4C(=O)[C@@H](NC(=O)/C(=N\OCCF)c5csc(N)n5)[C@H]4SC3)cc2)n[nH]1. The number of fused-ring (bicyclic) bond motifs is 1. The van der Waals surface area contributed by atoms with Crippen LogP contribution in [0.5, 0.6) is 0 Å². The molecule has 16 nitrogen and oxygen atoms in total. The van der Waals surface area contributed by atoms with Gasteiger partial charge in [-0.05, 0) is 6.07 Å². The Balaban J connectivity index is 1.29. The maximum Gasteiger partial charge on any atom is 0.352 e. The molecule has 2 aliphatic rings. The third kappa shape index (κ3) is 6.06. The quantitative estimate of drug-likeness (QED) is 0.0348. The topological polar surface area (TPSA) is 233 Å². The number of pyridine rings is 1. The number of anilines is 1. The zero-order valence-electron chi connectivity index (χ0n) is 22.4. The number of aromatic amines is 1. The first-order chi connectivity index (χ1) is 21.2. The molecule has 44 heavy (non-hydrogen) atoms. The Kier molecular flexibility index (Phi) is 8.82. The number of nitriles is 1. The van der Waals surface area contributed by atoms with Crippen LogP contribution < -0.4 is 20.9 Å². The summed E-state index contributed by atoms with van der Waals surface area (Å²) in [5, 5.41) is 34.4. The minimum atomic E-state index is -1.29. The lowest BCUT2D eigenvalue weighted by molar-refractivity contribution is -0.689. The van der Waals surface area contributed by atoms with Crippen molar-refractivity contribution in [1.82, 2.24) is 30.7 Å². The molecule has 2 atom stereocenters. The predicted molar refractivity (Wildman–Crippen MR) is 152 cm³/mol. The normalized spacial score (nSPS) is 17.8. The van der Waals surface area contributed by atoms with E-state index in [1.54, 1.807) is 35.3 Å². The average molecular weight is 642 g/mol. The van der Waals surface area contributed by atoms with Gasteiger partial charge in [0.25, 0.3) is 17.7 Å². The molecule has 0 saturated carbocycles. The van der Waals surface area contributed by atoms with Crippen molar-refractivity contribution in [2.45, 2.75) is 18.0 Å². The molecule has 1 saturated heterocycles. The maximum absolute atomic E-state index is 13.1. The summed E-state index contributed by atoms with van der Waals surface area (Å²) < 4.78 is 14.2. The van der Waals surface area contributed by atoms with E-state index in [0.29, 0.717) is 16.8 Å². The molecule has 5 rings (SSSR count). The zero-order chi connectivity index (χ0) is 31.4. The van der Waals surface area contributed by atoms with E-state index < -0.39 is 48.4 Å². The summed E-state index contributed by atoms with van der Waals surface area (Å²) in [6.07, 6.45) is 4.94. The Labute approximate surface area is 255 Å². The highest BCUT2D eigenvalue weighted by Gasteiger charge is 2.54. The minimum Gasteiger partial charge on any atom is -0.477 e. The van der Waals surface area contributed by atoms with E-state index in [4.69, 9.17) is 15.8 Å². The number of β-lactam (4-membered cyclic amide) rings is 1. The van der Waals surface area contributed by atoms with Crippen LogP contribution in [0.1, 0.15) is 16.2 Å². The van der Waals surface area contributed by atoms with Gasteiger partial charge in [0.15, 0.2) is 36.0 Å². The molecule has 1 fully saturated rings. The molecule has 226 valence electrons. The third-order valence-corrected chi connectivity index (χ3v) is 8.41. The fraction of sp³-hybridized carbons (Fsp3) is 0.240. The van der Waals surface area contributed by atoms with Crippen LogP contribution in [0.15, 0.2) is 52.4 Å². The van der Waals surface area contributed by atoms with E-state index in [2.05, 4.69) is 25.7 Å². The van der Waals surface area contributed by atoms with Crippen molar-refractivity contribution in [3.63, 3.8) is 0 Å². The lowest BCUT2D eigenvalue weighted by Gasteiger charge is -2.49. The molecule has 2 aliphatic heterocycles. The minimum absolute atomic E-state index is 0.0810. The molecule has 0 unspecified atom stereocenters. The lowest BCUT2D eigenvalue weighted by atomic mass is 10.0. The van der Waals surface area contributed by atoms with E-state index in [9.17, 15) is 28.7 Å². The number of H-pyrrole nitrogens is 1. The Morgan fingerprint density at radius 1 is 1.36 bits per heavy atom. The van der Waals surface area contributed by atoms with Gasteiger partial charge >= 0.3 is 5.97 Å². The number of halogens is 1. The molecule has 0 aliphatic carbocycles. The van der Waals surface area contributed by atoms with E-state index in [-0.39, 0.29) is 40.2 Å². The highest BCUT2D eigenvalue weighted by molar-refractivity contribution is 8.00. The molecule has 6 N–H and O–H groups in total. The second kappa shape index (κ2) is 12.9. The summed E-state index contributed by atoms with van der Waals surface area (Å²) in [6.45, 7) is -1.07. The number of aliphatic carboxylic acids is 1. The molecule has 5 heterocycles. The van der Waals surface area contributed by atoms with E-state index in [0.717, 1.165) is 16.2 Å². The van der Waals surface area contributed by atoms with Crippen molar-refractivity contribution >= 4 is 57.6 Å². The number of nitrogens with zero attached hydrogens (tertiary/aromatic N) is 6. The van der Waals surface area contributed by atoms with Crippen LogP contribution in [0.3, 0.4) is 0 Å². The van der Waals surface area contributed by atoms with Gasteiger partial charge in [0.05, 0.1) is 5.69 Å². The molecule has 0 spiro atoms. The Morgan fingerprint density at radius 2 is 2.14 bits per heavy atom. The average Bonchev–Trinajstić information content (AvgIpc) is 3.68. The molecule has 0 radical (unpaired) electrons. The standard InChI is InChI=1S/C25H21FN10O6S2/c26-3-6-42-34-17(16-10-44-25(28)30-16)21(38)31-18-22(39)36-19(24(40)41)13(9-43-23(18)36)8-35-4-1-12(2-5-35)14-7-15(33-32-14)20(37)29-11-27/h1-2,4-5,7,10,18,23H,3,6,8-9H2,(H5,28,29,30,31,37,38,40,41)/p+1/b34-17-/t18-,23-/m1/s1. The van der Waals surface area contributed by atoms with Crippen LogP contribution >= 0.6 is 23.1 Å². The number of thioether (sulfide) groups is 1. The second-order valence-electron chi connectivity index (χ2n) is 9.14. The lowest BCUT2D eigenvalue weighted by Crippen LogP contribution is -2.71. The van der Waals surface area contributed by atoms with Gasteiger partial charge in [-0.15, -0.1) is 23.1 Å². The summed E-state index contributed by atoms with van der Waals surface area (Å²) in [4.78, 5) is 60.2. The number of nitrogen functional groups attached to an aromatic ring is 1. The monoisotopic (exact) mass is 641 g/mol. The molecule has 0 aromatic carbocycles. The Bertz CT molecular complexity index is 1730. The first kappa shape index (κ1) is 30.1. The van der Waals surface area contributed by atoms with Gasteiger partial charge in [-0.1, -0.05) is 5.16 Å². The van der Waals surface area contributed by atoms with Crippen LogP contribution in [-0.2, 0) is 25.8 Å². The van der Waals surface area contributed by atoms with Crippen molar-refractivity contribution in [2.24, 2.45) is 5.16 Å². The van der Waals surface area contributed by atoms with Crippen molar-refractivity contribution in [3.05, 3.63) is 58.6 Å². The molecule has 3 aromatic heterocycles. The number of carbonyl (C=O) groups excluding carboxylic acids is 3. The molecule has 3 amide bonds. The van der Waals surface area contributed by atoms with Crippen LogP contribution in [0.25, 0.3) is 11.3 Å². The van der Waals surface area contributed by atoms with Crippen molar-refractivity contribution < 1.29 is 38.1 Å². The summed E-state index contributed by atoms with van der Waals surface area (Å²) in [6, 6.07) is 3.87. The maximum atomic E-state index is 13.1. The van der Waals surface area contributed by atoms with Gasteiger partial charge in [-0.3, -0.25) is 29.7 Å². The fourth-order valence-corrected chi connectivity index (χ4v) is 6.30. The van der Waals surface area contributed by atoms with E-state index in [1.807, 2.05) is 5.32 Å². The number of nitrogens with one attached hydrogen (secondary N) is 3. The van der Waals surface area contributed by atoms with E-state index in [1.165, 1.54) is 23.2 Å². The fourth-order valence-electron chi connectivity index (χ4n) is 4.42. The van der Waals surface area contributed by atoms with Gasteiger partial charge < -0.3 is 21.0 Å². The van der Waals surface area contributed by atoms with Crippen LogP contribution in [-0.4, -0.2) is 85.0 Å². The molecule has 19 heteroatoms. The van der Waals surface area contributed by atoms with Gasteiger partial charge in [-0.2, -0.15) is 10.4 Å². The number of carboxylic acids is 1.